The molecule has 0 aliphatic carbocycles. The lowest BCUT2D eigenvalue weighted by Gasteiger charge is -2.03. The fraction of sp³-hybridized carbons (Fsp3) is 0.462. The van der Waals surface area contributed by atoms with Gasteiger partial charge in [-0.05, 0) is 43.9 Å². The number of hydrogen-bond acceptors (Lipinski definition) is 3. The molecule has 0 aromatic heterocycles. The standard InChI is InChI=1S/C7H6F2.C6H14N2O/c1-5-2-3-6(8)4-7(5)9;1-2-6(3-4-7)5-8-9/h2-4H,1H3;5-6,9H,2-4,7H2,1H3/b;8-5+. The van der Waals surface area contributed by atoms with Crippen molar-refractivity contribution in [1.29, 1.82) is 0 Å². The molecule has 0 amide bonds. The average Bonchev–Trinajstić information content (AvgIpc) is 2.35. The Kier molecular flexibility index (Phi) is 8.74. The van der Waals surface area contributed by atoms with Crippen LogP contribution in [0.1, 0.15) is 25.3 Å². The van der Waals surface area contributed by atoms with Crippen molar-refractivity contribution >= 4 is 6.21 Å². The highest BCUT2D eigenvalue weighted by molar-refractivity contribution is 5.59. The van der Waals surface area contributed by atoms with Crippen molar-refractivity contribution < 1.29 is 14.0 Å². The number of nitrogens with two attached hydrogens (primary N) is 1. The minimum Gasteiger partial charge on any atom is -0.411 e. The maximum absolute atomic E-state index is 12.3. The molecule has 0 heterocycles. The summed E-state index contributed by atoms with van der Waals surface area (Å²) in [6.07, 6.45) is 3.43. The predicted octanol–water partition coefficient (Wildman–Crippen LogP) is 3.09. The summed E-state index contributed by atoms with van der Waals surface area (Å²) in [6.45, 7) is 4.29. The van der Waals surface area contributed by atoms with Crippen LogP contribution in [0.3, 0.4) is 0 Å². The van der Waals surface area contributed by atoms with Gasteiger partial charge in [0.25, 0.3) is 0 Å². The maximum atomic E-state index is 12.3. The lowest BCUT2D eigenvalue weighted by atomic mass is 10.1. The molecule has 102 valence electrons. The van der Waals surface area contributed by atoms with Crippen LogP contribution >= 0.6 is 0 Å². The molecule has 0 bridgehead atoms. The lowest BCUT2D eigenvalue weighted by molar-refractivity contribution is 0.317. The number of oxime groups is 1. The van der Waals surface area contributed by atoms with Crippen LogP contribution in [0.5, 0.6) is 0 Å². The molecule has 0 saturated carbocycles. The molecule has 1 unspecified atom stereocenters. The number of hydrogen-bond donors (Lipinski definition) is 2. The minimum atomic E-state index is -0.530. The Labute approximate surface area is 106 Å². The molecule has 0 aliphatic heterocycles. The van der Waals surface area contributed by atoms with Gasteiger partial charge in [0.05, 0.1) is 0 Å². The van der Waals surface area contributed by atoms with Crippen LogP contribution in [-0.4, -0.2) is 18.0 Å². The van der Waals surface area contributed by atoms with E-state index in [1.807, 2.05) is 6.92 Å². The summed E-state index contributed by atoms with van der Waals surface area (Å²) in [6, 6.07) is 3.51. The predicted molar refractivity (Wildman–Crippen MR) is 68.8 cm³/mol. The average molecular weight is 258 g/mol. The fourth-order valence-corrected chi connectivity index (χ4v) is 1.26. The van der Waals surface area contributed by atoms with Gasteiger partial charge in [0.1, 0.15) is 11.6 Å². The van der Waals surface area contributed by atoms with Crippen LogP contribution in [0.4, 0.5) is 8.78 Å². The van der Waals surface area contributed by atoms with Gasteiger partial charge in [0.2, 0.25) is 0 Å². The topological polar surface area (TPSA) is 58.6 Å². The normalized spacial score (nSPS) is 12.1. The van der Waals surface area contributed by atoms with Crippen LogP contribution < -0.4 is 5.73 Å². The van der Waals surface area contributed by atoms with Gasteiger partial charge in [0, 0.05) is 12.3 Å². The van der Waals surface area contributed by atoms with Crippen molar-refractivity contribution in [2.75, 3.05) is 6.54 Å². The summed E-state index contributed by atoms with van der Waals surface area (Å²) in [5.41, 5.74) is 5.76. The zero-order valence-electron chi connectivity index (χ0n) is 10.7. The third-order valence-corrected chi connectivity index (χ3v) is 2.47. The first kappa shape index (κ1) is 16.5. The molecule has 0 radical (unpaired) electrons. The Morgan fingerprint density at radius 3 is 2.50 bits per heavy atom. The van der Waals surface area contributed by atoms with E-state index in [0.717, 1.165) is 18.9 Å². The van der Waals surface area contributed by atoms with Gasteiger partial charge in [-0.2, -0.15) is 0 Å². The molecule has 0 fully saturated rings. The summed E-state index contributed by atoms with van der Waals surface area (Å²) in [5, 5.41) is 11.1. The van der Waals surface area contributed by atoms with E-state index < -0.39 is 11.6 Å². The number of benzene rings is 1. The highest BCUT2D eigenvalue weighted by Crippen LogP contribution is 2.06. The van der Waals surface area contributed by atoms with Crippen LogP contribution in [-0.2, 0) is 0 Å². The monoisotopic (exact) mass is 258 g/mol. The van der Waals surface area contributed by atoms with Crippen LogP contribution in [0.2, 0.25) is 0 Å². The molecule has 3 nitrogen and oxygen atoms in total. The van der Waals surface area contributed by atoms with Gasteiger partial charge in [-0.1, -0.05) is 13.0 Å². The van der Waals surface area contributed by atoms with Crippen LogP contribution in [0.25, 0.3) is 0 Å². The van der Waals surface area contributed by atoms with E-state index in [2.05, 4.69) is 5.16 Å². The molecule has 18 heavy (non-hydrogen) atoms. The summed E-state index contributed by atoms with van der Waals surface area (Å²) >= 11 is 0. The Bertz CT molecular complexity index is 370. The van der Waals surface area contributed by atoms with E-state index in [1.54, 1.807) is 6.92 Å². The van der Waals surface area contributed by atoms with Crippen molar-refractivity contribution in [2.24, 2.45) is 16.8 Å². The quantitative estimate of drug-likeness (QED) is 0.495. The van der Waals surface area contributed by atoms with E-state index in [-0.39, 0.29) is 0 Å². The van der Waals surface area contributed by atoms with Gasteiger partial charge < -0.3 is 10.9 Å². The molecule has 0 spiro atoms. The van der Waals surface area contributed by atoms with Gasteiger partial charge in [0.15, 0.2) is 0 Å². The second kappa shape index (κ2) is 9.53. The molecule has 1 aromatic rings. The van der Waals surface area contributed by atoms with Crippen LogP contribution in [0, 0.1) is 24.5 Å². The third-order valence-electron chi connectivity index (χ3n) is 2.47. The van der Waals surface area contributed by atoms with Gasteiger partial charge in [-0.25, -0.2) is 8.78 Å². The van der Waals surface area contributed by atoms with E-state index in [1.165, 1.54) is 18.3 Å². The first-order valence-corrected chi connectivity index (χ1v) is 5.84. The molecule has 0 saturated heterocycles. The molecule has 0 aliphatic rings. The summed E-state index contributed by atoms with van der Waals surface area (Å²) in [5.74, 6) is -0.673. The molecule has 1 rings (SSSR count). The van der Waals surface area contributed by atoms with E-state index in [4.69, 9.17) is 10.9 Å². The Morgan fingerprint density at radius 2 is 2.11 bits per heavy atom. The molecular formula is C13H20F2N2O. The zero-order chi connectivity index (χ0) is 14.0. The number of rotatable bonds is 4. The highest BCUT2D eigenvalue weighted by Gasteiger charge is 1.99. The highest BCUT2D eigenvalue weighted by atomic mass is 19.1. The second-order valence-corrected chi connectivity index (χ2v) is 3.90. The van der Waals surface area contributed by atoms with Crippen LogP contribution in [0.15, 0.2) is 23.4 Å². The molecule has 1 atom stereocenters. The second-order valence-electron chi connectivity index (χ2n) is 3.90. The van der Waals surface area contributed by atoms with E-state index in [0.29, 0.717) is 18.0 Å². The summed E-state index contributed by atoms with van der Waals surface area (Å²) in [7, 11) is 0. The molecular weight excluding hydrogens is 238 g/mol. The molecule has 1 aromatic carbocycles. The van der Waals surface area contributed by atoms with Crippen molar-refractivity contribution in [3.63, 3.8) is 0 Å². The Hall–Kier alpha value is -1.49. The first-order valence-electron chi connectivity index (χ1n) is 5.84. The lowest BCUT2D eigenvalue weighted by Crippen LogP contribution is -2.08. The van der Waals surface area contributed by atoms with Crippen molar-refractivity contribution in [1.82, 2.24) is 0 Å². The van der Waals surface area contributed by atoms with Gasteiger partial charge in [-0.3, -0.25) is 0 Å². The Balaban J connectivity index is 0.000000321. The zero-order valence-corrected chi connectivity index (χ0v) is 10.7. The van der Waals surface area contributed by atoms with Crippen molar-refractivity contribution in [3.05, 3.63) is 35.4 Å². The number of nitrogens with zero attached hydrogens (tertiary/aromatic N) is 1. The van der Waals surface area contributed by atoms with Gasteiger partial charge in [-0.15, -0.1) is 5.16 Å². The van der Waals surface area contributed by atoms with Crippen molar-refractivity contribution in [3.8, 4) is 0 Å². The third kappa shape index (κ3) is 6.96. The molecule has 5 heteroatoms. The number of aryl methyl sites for hydroxylation is 1. The first-order chi connectivity index (χ1) is 8.54. The Morgan fingerprint density at radius 1 is 1.44 bits per heavy atom. The van der Waals surface area contributed by atoms with E-state index >= 15 is 0 Å². The summed E-state index contributed by atoms with van der Waals surface area (Å²) < 4.78 is 24.4. The van der Waals surface area contributed by atoms with E-state index in [9.17, 15) is 8.78 Å². The fourth-order valence-electron chi connectivity index (χ4n) is 1.26. The molecule has 3 N–H and O–H groups in total. The largest absolute Gasteiger partial charge is 0.411 e. The SMILES string of the molecule is CCC(/C=N/O)CCN.Cc1ccc(F)cc1F. The maximum Gasteiger partial charge on any atom is 0.129 e. The minimum absolute atomic E-state index is 0.347. The summed E-state index contributed by atoms with van der Waals surface area (Å²) in [4.78, 5) is 0. The smallest absolute Gasteiger partial charge is 0.129 e. The number of halogens is 2. The van der Waals surface area contributed by atoms with Crippen molar-refractivity contribution in [2.45, 2.75) is 26.7 Å². The van der Waals surface area contributed by atoms with Gasteiger partial charge >= 0.3 is 0 Å².